The number of hydrogen-bond acceptors (Lipinski definition) is 8. The molecule has 1 aliphatic heterocycles. The van der Waals surface area contributed by atoms with Crippen molar-refractivity contribution in [2.75, 3.05) is 25.4 Å². The Kier molecular flexibility index (Phi) is 4.86. The highest BCUT2D eigenvalue weighted by atomic mass is 32.2. The van der Waals surface area contributed by atoms with Crippen molar-refractivity contribution >= 4 is 21.5 Å². The Bertz CT molecular complexity index is 570. The molecule has 0 spiro atoms. The number of nitrogens with two attached hydrogens (primary N) is 1. The molecule has 0 radical (unpaired) electrons. The third kappa shape index (κ3) is 3.61. The fourth-order valence-corrected chi connectivity index (χ4v) is 3.36. The molecular weight excluding hydrogens is 304 g/mol. The zero-order valence-corrected chi connectivity index (χ0v) is 13.0. The summed E-state index contributed by atoms with van der Waals surface area (Å²) in [7, 11) is -3.63. The molecule has 0 amide bonds. The fraction of sp³-hybridized carbons (Fsp3) is 0.636. The van der Waals surface area contributed by atoms with E-state index in [1.54, 1.807) is 11.3 Å². The van der Waals surface area contributed by atoms with Crippen LogP contribution in [-0.2, 0) is 14.4 Å². The molecule has 20 heavy (non-hydrogen) atoms. The topological polar surface area (TPSA) is 99.9 Å². The van der Waals surface area contributed by atoms with E-state index in [1.165, 1.54) is 0 Å². The number of thiophene rings is 1. The van der Waals surface area contributed by atoms with E-state index in [1.807, 2.05) is 13.8 Å². The molecule has 114 valence electrons. The molecule has 0 aliphatic carbocycles. The first-order chi connectivity index (χ1) is 9.43. The average Bonchev–Trinajstić information content (AvgIpc) is 2.70. The van der Waals surface area contributed by atoms with Crippen LogP contribution in [0.5, 0.6) is 11.5 Å². The van der Waals surface area contributed by atoms with Crippen molar-refractivity contribution in [1.82, 2.24) is 5.32 Å². The average molecular weight is 322 g/mol. The van der Waals surface area contributed by atoms with Gasteiger partial charge >= 0.3 is 0 Å². The molecule has 2 heterocycles. The molecule has 7 nitrogen and oxygen atoms in total. The van der Waals surface area contributed by atoms with Crippen molar-refractivity contribution < 1.29 is 22.2 Å². The molecule has 0 aromatic carbocycles. The summed E-state index contributed by atoms with van der Waals surface area (Å²) in [5.41, 5.74) is 0. The molecule has 9 heteroatoms. The van der Waals surface area contributed by atoms with E-state index in [4.69, 9.17) is 9.47 Å². The first kappa shape index (κ1) is 15.5. The van der Waals surface area contributed by atoms with Gasteiger partial charge in [-0.15, -0.1) is 11.3 Å². The van der Waals surface area contributed by atoms with Gasteiger partial charge in [0.15, 0.2) is 11.5 Å². The molecule has 0 saturated carbocycles. The van der Waals surface area contributed by atoms with Gasteiger partial charge in [0.2, 0.25) is 0 Å². The lowest BCUT2D eigenvalue weighted by atomic mass is 10.3. The summed E-state index contributed by atoms with van der Waals surface area (Å²) < 4.78 is 37.5. The van der Waals surface area contributed by atoms with Gasteiger partial charge in [0.05, 0.1) is 5.75 Å². The largest absolute Gasteiger partial charge is 0.485 e. The highest BCUT2D eigenvalue weighted by molar-refractivity contribution is 7.86. The van der Waals surface area contributed by atoms with Crippen LogP contribution >= 0.6 is 11.3 Å². The highest BCUT2D eigenvalue weighted by Gasteiger charge is 2.26. The lowest BCUT2D eigenvalue weighted by Crippen LogP contribution is -2.40. The third-order valence-corrected chi connectivity index (χ3v) is 4.88. The number of fused-ring (bicyclic) bond motifs is 1. The van der Waals surface area contributed by atoms with Gasteiger partial charge in [-0.05, 0) is 13.8 Å². The van der Waals surface area contributed by atoms with Gasteiger partial charge in [-0.2, -0.15) is 18.6 Å². The van der Waals surface area contributed by atoms with Crippen LogP contribution in [0.4, 0.5) is 0 Å². The third-order valence-electron chi connectivity index (χ3n) is 2.90. The van der Waals surface area contributed by atoms with Crippen LogP contribution in [-0.4, -0.2) is 40.0 Å². The molecule has 1 aliphatic rings. The maximum Gasteiger partial charge on any atom is 0.284 e. The Morgan fingerprint density at radius 2 is 2.10 bits per heavy atom. The summed E-state index contributed by atoms with van der Waals surface area (Å²) in [6, 6.07) is 0. The molecule has 0 saturated heterocycles. The summed E-state index contributed by atoms with van der Waals surface area (Å²) in [4.78, 5) is 2.19. The number of ether oxygens (including phenoxy) is 2. The standard InChI is InChI=1S/C11H18N2O5S2/c1-7-10-11(8(2)19-7)17-9(6-16-10)5-13-3-4-20(14,15)18-12/h9,13H,3-6,12H2,1-2H3. The molecule has 1 unspecified atom stereocenters. The van der Waals surface area contributed by atoms with Crippen molar-refractivity contribution in [1.29, 1.82) is 0 Å². The van der Waals surface area contributed by atoms with Crippen LogP contribution in [0.3, 0.4) is 0 Å². The van der Waals surface area contributed by atoms with Gasteiger partial charge in [-0.25, -0.2) is 0 Å². The molecule has 1 aromatic rings. The quantitative estimate of drug-likeness (QED) is 0.574. The van der Waals surface area contributed by atoms with E-state index in [0.29, 0.717) is 13.2 Å². The molecule has 1 aromatic heterocycles. The molecular formula is C11H18N2O5S2. The molecule has 3 N–H and O–H groups in total. The lowest BCUT2D eigenvalue weighted by molar-refractivity contribution is 0.0909. The number of hydrogen-bond donors (Lipinski definition) is 2. The maximum atomic E-state index is 11.0. The Morgan fingerprint density at radius 3 is 2.80 bits per heavy atom. The summed E-state index contributed by atoms with van der Waals surface area (Å²) >= 11 is 1.64. The van der Waals surface area contributed by atoms with E-state index in [9.17, 15) is 8.42 Å². The Balaban J connectivity index is 1.81. The normalized spacial score (nSPS) is 18.2. The minimum atomic E-state index is -3.63. The zero-order chi connectivity index (χ0) is 14.8. The molecule has 2 rings (SSSR count). The minimum absolute atomic E-state index is 0.142. The van der Waals surface area contributed by atoms with Crippen LogP contribution in [0, 0.1) is 13.8 Å². The van der Waals surface area contributed by atoms with Gasteiger partial charge < -0.3 is 14.8 Å². The summed E-state index contributed by atoms with van der Waals surface area (Å²) in [5.74, 6) is 6.08. The van der Waals surface area contributed by atoms with E-state index in [0.717, 1.165) is 21.3 Å². The first-order valence-corrected chi connectivity index (χ1v) is 8.53. The van der Waals surface area contributed by atoms with E-state index in [2.05, 4.69) is 15.5 Å². The Morgan fingerprint density at radius 1 is 1.40 bits per heavy atom. The second-order valence-electron chi connectivity index (χ2n) is 4.49. The van der Waals surface area contributed by atoms with Gasteiger partial charge in [-0.1, -0.05) is 0 Å². The van der Waals surface area contributed by atoms with Gasteiger partial charge in [0.25, 0.3) is 10.1 Å². The van der Waals surface area contributed by atoms with Crippen LogP contribution in [0.2, 0.25) is 0 Å². The van der Waals surface area contributed by atoms with E-state index in [-0.39, 0.29) is 18.4 Å². The summed E-state index contributed by atoms with van der Waals surface area (Å²) in [6.45, 7) is 5.16. The van der Waals surface area contributed by atoms with Gasteiger partial charge in [-0.3, -0.25) is 0 Å². The van der Waals surface area contributed by atoms with Crippen LogP contribution < -0.4 is 20.7 Å². The Hall–Kier alpha value is -0.870. The lowest BCUT2D eigenvalue weighted by Gasteiger charge is -2.25. The highest BCUT2D eigenvalue weighted by Crippen LogP contribution is 2.43. The smallest absolute Gasteiger partial charge is 0.284 e. The van der Waals surface area contributed by atoms with Crippen LogP contribution in [0.1, 0.15) is 9.75 Å². The second kappa shape index (κ2) is 6.27. The van der Waals surface area contributed by atoms with Crippen molar-refractivity contribution in [3.05, 3.63) is 9.75 Å². The van der Waals surface area contributed by atoms with Crippen LogP contribution in [0.25, 0.3) is 0 Å². The minimum Gasteiger partial charge on any atom is -0.485 e. The van der Waals surface area contributed by atoms with Crippen LogP contribution in [0.15, 0.2) is 0 Å². The van der Waals surface area contributed by atoms with E-state index < -0.39 is 10.1 Å². The van der Waals surface area contributed by atoms with Crippen molar-refractivity contribution in [2.24, 2.45) is 5.90 Å². The summed E-state index contributed by atoms with van der Waals surface area (Å²) in [5, 5.41) is 2.99. The van der Waals surface area contributed by atoms with Gasteiger partial charge in [0, 0.05) is 22.8 Å². The summed E-state index contributed by atoms with van der Waals surface area (Å²) in [6.07, 6.45) is -0.142. The molecule has 0 bridgehead atoms. The predicted octanol–water partition coefficient (Wildman–Crippen LogP) is 0.314. The second-order valence-corrected chi connectivity index (χ2v) is 7.63. The Labute approximate surface area is 122 Å². The van der Waals surface area contributed by atoms with E-state index >= 15 is 0 Å². The van der Waals surface area contributed by atoms with Crippen molar-refractivity contribution in [2.45, 2.75) is 20.0 Å². The maximum absolute atomic E-state index is 11.0. The van der Waals surface area contributed by atoms with Crippen molar-refractivity contribution in [3.8, 4) is 11.5 Å². The number of nitrogens with one attached hydrogen (secondary N) is 1. The van der Waals surface area contributed by atoms with Gasteiger partial charge in [0.1, 0.15) is 12.7 Å². The number of aryl methyl sites for hydroxylation is 2. The fourth-order valence-electron chi connectivity index (χ4n) is 1.93. The SMILES string of the molecule is Cc1sc(C)c2c1OCC(CNCCS(=O)(=O)ON)O2. The van der Waals surface area contributed by atoms with Crippen molar-refractivity contribution in [3.63, 3.8) is 0 Å². The monoisotopic (exact) mass is 322 g/mol. The predicted molar refractivity (Wildman–Crippen MR) is 75.6 cm³/mol. The first-order valence-electron chi connectivity index (χ1n) is 6.14. The molecule has 0 fully saturated rings. The number of rotatable bonds is 6. The molecule has 1 atom stereocenters. The zero-order valence-electron chi connectivity index (χ0n) is 11.3.